The van der Waals surface area contributed by atoms with Gasteiger partial charge in [-0.2, -0.15) is 0 Å². The molecule has 6 nitrogen and oxygen atoms in total. The van der Waals surface area contributed by atoms with Crippen LogP contribution in [0.15, 0.2) is 54.6 Å². The second kappa shape index (κ2) is 9.62. The van der Waals surface area contributed by atoms with E-state index >= 15 is 0 Å². The molecule has 1 saturated carbocycles. The Balaban J connectivity index is 0.000000342. The van der Waals surface area contributed by atoms with E-state index in [1.807, 2.05) is 0 Å². The maximum absolute atomic E-state index is 9.10. The Hall–Kier alpha value is -2.70. The van der Waals surface area contributed by atoms with E-state index in [4.69, 9.17) is 19.8 Å². The number of fused-ring (bicyclic) bond motifs is 3. The fraction of sp³-hybridized carbons (Fsp3) is 0.440. The summed E-state index contributed by atoms with van der Waals surface area (Å²) >= 11 is 0. The van der Waals surface area contributed by atoms with E-state index in [0.717, 1.165) is 24.3 Å². The molecule has 2 fully saturated rings. The average molecular weight is 423 g/mol. The maximum Gasteiger partial charge on any atom is 0.414 e. The molecule has 5 rings (SSSR count). The summed E-state index contributed by atoms with van der Waals surface area (Å²) in [6, 6.07) is 15.5. The zero-order valence-corrected chi connectivity index (χ0v) is 17.7. The van der Waals surface area contributed by atoms with E-state index in [1.54, 1.807) is 0 Å². The van der Waals surface area contributed by atoms with E-state index < -0.39 is 11.9 Å². The number of rotatable bonds is 4. The topological polar surface area (TPSA) is 81.1 Å². The summed E-state index contributed by atoms with van der Waals surface area (Å²) < 4.78 is 0. The summed E-state index contributed by atoms with van der Waals surface area (Å²) in [6.45, 7) is 7.31. The number of carbonyl (C=O) groups is 2. The largest absolute Gasteiger partial charge is 0.473 e. The van der Waals surface area contributed by atoms with Crippen molar-refractivity contribution >= 4 is 22.7 Å². The highest BCUT2D eigenvalue weighted by molar-refractivity contribution is 6.27. The molecule has 2 aromatic carbocycles. The van der Waals surface area contributed by atoms with Crippen LogP contribution in [0.4, 0.5) is 0 Å². The van der Waals surface area contributed by atoms with E-state index in [2.05, 4.69) is 64.4 Å². The number of carboxylic acids is 2. The average Bonchev–Trinajstić information content (AvgIpc) is 3.39. The molecule has 3 aliphatic rings. The van der Waals surface area contributed by atoms with Gasteiger partial charge in [0, 0.05) is 39.3 Å². The molecule has 31 heavy (non-hydrogen) atoms. The predicted molar refractivity (Wildman–Crippen MR) is 120 cm³/mol. The number of aliphatic carboxylic acids is 2. The van der Waals surface area contributed by atoms with Crippen molar-refractivity contribution in [3.8, 4) is 0 Å². The van der Waals surface area contributed by atoms with Crippen molar-refractivity contribution in [1.82, 2.24) is 9.80 Å². The molecule has 164 valence electrons. The normalized spacial score (nSPS) is 25.4. The number of allylic oxidation sites excluding steroid dienone is 2. The van der Waals surface area contributed by atoms with Gasteiger partial charge in [-0.05, 0) is 46.9 Å². The zero-order chi connectivity index (χ0) is 21.8. The molecular formula is C25H30N2O4. The second-order valence-electron chi connectivity index (χ2n) is 8.87. The first-order chi connectivity index (χ1) is 15.0. The summed E-state index contributed by atoms with van der Waals surface area (Å²) in [5.41, 5.74) is 1.48. The van der Waals surface area contributed by atoms with Crippen LogP contribution in [0.3, 0.4) is 0 Å². The van der Waals surface area contributed by atoms with Gasteiger partial charge < -0.3 is 15.1 Å². The molecule has 0 radical (unpaired) electrons. The van der Waals surface area contributed by atoms with Crippen molar-refractivity contribution in [1.29, 1.82) is 0 Å². The lowest BCUT2D eigenvalue weighted by atomic mass is 9.93. The van der Waals surface area contributed by atoms with Gasteiger partial charge in [0.15, 0.2) is 0 Å². The third kappa shape index (κ3) is 5.32. The fourth-order valence-corrected chi connectivity index (χ4v) is 5.24. The van der Waals surface area contributed by atoms with Crippen LogP contribution in [0.2, 0.25) is 0 Å². The van der Waals surface area contributed by atoms with Crippen LogP contribution in [0.25, 0.3) is 10.8 Å². The van der Waals surface area contributed by atoms with Crippen molar-refractivity contribution in [3.05, 3.63) is 60.2 Å². The van der Waals surface area contributed by atoms with Gasteiger partial charge in [0.05, 0.1) is 0 Å². The summed E-state index contributed by atoms with van der Waals surface area (Å²) in [4.78, 5) is 23.6. The Morgan fingerprint density at radius 3 is 2.16 bits per heavy atom. The highest BCUT2D eigenvalue weighted by Gasteiger charge is 2.36. The van der Waals surface area contributed by atoms with Gasteiger partial charge in [-0.15, -0.1) is 0 Å². The van der Waals surface area contributed by atoms with Gasteiger partial charge in [0.25, 0.3) is 0 Å². The van der Waals surface area contributed by atoms with Crippen LogP contribution in [-0.4, -0.2) is 64.7 Å². The number of nitrogens with zero attached hydrogens (tertiary/aromatic N) is 2. The third-order valence-corrected chi connectivity index (χ3v) is 6.83. The van der Waals surface area contributed by atoms with Gasteiger partial charge in [-0.1, -0.05) is 54.6 Å². The fourth-order valence-electron chi connectivity index (χ4n) is 5.24. The molecule has 1 aliphatic heterocycles. The highest BCUT2D eigenvalue weighted by Crippen LogP contribution is 2.43. The van der Waals surface area contributed by atoms with Gasteiger partial charge in [0.2, 0.25) is 0 Å². The molecule has 6 heteroatoms. The quantitative estimate of drug-likeness (QED) is 0.581. The van der Waals surface area contributed by atoms with Gasteiger partial charge in [0.1, 0.15) is 0 Å². The van der Waals surface area contributed by atoms with Crippen LogP contribution in [-0.2, 0) is 16.1 Å². The Kier molecular flexibility index (Phi) is 6.68. The number of hydrogen-bond donors (Lipinski definition) is 2. The lowest BCUT2D eigenvalue weighted by Crippen LogP contribution is -2.47. The number of benzene rings is 2. The van der Waals surface area contributed by atoms with Crippen LogP contribution in [0.5, 0.6) is 0 Å². The number of carboxylic acid groups (broad SMARTS) is 2. The van der Waals surface area contributed by atoms with Crippen LogP contribution >= 0.6 is 0 Å². The molecule has 3 unspecified atom stereocenters. The Bertz CT molecular complexity index is 948. The van der Waals surface area contributed by atoms with Crippen LogP contribution in [0, 0.1) is 17.8 Å². The van der Waals surface area contributed by atoms with E-state index in [0.29, 0.717) is 0 Å². The minimum atomic E-state index is -1.82. The zero-order valence-electron chi connectivity index (χ0n) is 17.7. The third-order valence-electron chi connectivity index (χ3n) is 6.83. The van der Waals surface area contributed by atoms with Crippen molar-refractivity contribution < 1.29 is 19.8 Å². The van der Waals surface area contributed by atoms with E-state index in [1.165, 1.54) is 61.9 Å². The molecule has 2 aliphatic carbocycles. The number of hydrogen-bond acceptors (Lipinski definition) is 4. The lowest BCUT2D eigenvalue weighted by Gasteiger charge is -2.37. The first-order valence-corrected chi connectivity index (χ1v) is 11.1. The molecule has 2 aromatic rings. The molecule has 0 spiro atoms. The molecule has 0 aromatic heterocycles. The van der Waals surface area contributed by atoms with Crippen molar-refractivity contribution in [2.75, 3.05) is 32.7 Å². The van der Waals surface area contributed by atoms with E-state index in [9.17, 15) is 0 Å². The molecule has 3 atom stereocenters. The number of piperazine rings is 1. The standard InChI is InChI=1S/C23H28N2.C2H2O4/c1-2-7-23-19(4-1)5-3-6-21(23)16-24-10-12-25(13-11-24)17-22-15-18-8-9-20(22)14-18;3-1(4)2(5)6/h1-9,18,20,22H,10-17H2;(H,3,4)(H,5,6). The van der Waals surface area contributed by atoms with E-state index in [-0.39, 0.29) is 0 Å². The molecule has 1 heterocycles. The molecule has 2 N–H and O–H groups in total. The van der Waals surface area contributed by atoms with Gasteiger partial charge in [-0.25, -0.2) is 9.59 Å². The molecular weight excluding hydrogens is 392 g/mol. The smallest absolute Gasteiger partial charge is 0.414 e. The van der Waals surface area contributed by atoms with Crippen molar-refractivity contribution in [3.63, 3.8) is 0 Å². The Morgan fingerprint density at radius 2 is 1.52 bits per heavy atom. The van der Waals surface area contributed by atoms with Gasteiger partial charge in [-0.3, -0.25) is 4.90 Å². The monoisotopic (exact) mass is 422 g/mol. The highest BCUT2D eigenvalue weighted by atomic mass is 16.4. The first-order valence-electron chi connectivity index (χ1n) is 11.1. The van der Waals surface area contributed by atoms with Crippen LogP contribution in [0.1, 0.15) is 18.4 Å². The Labute approximate surface area is 182 Å². The predicted octanol–water partition coefficient (Wildman–Crippen LogP) is 3.33. The van der Waals surface area contributed by atoms with Crippen LogP contribution < -0.4 is 0 Å². The Morgan fingerprint density at radius 1 is 0.839 bits per heavy atom. The summed E-state index contributed by atoms with van der Waals surface area (Å²) in [7, 11) is 0. The minimum absolute atomic E-state index is 0.888. The lowest BCUT2D eigenvalue weighted by molar-refractivity contribution is -0.159. The van der Waals surface area contributed by atoms with Crippen molar-refractivity contribution in [2.45, 2.75) is 19.4 Å². The SMILES string of the molecule is C1=CC2CC1CC2CN1CCN(Cc2cccc3ccccc23)CC1.O=C(O)C(=O)O. The maximum atomic E-state index is 9.10. The first kappa shape index (κ1) is 21.5. The summed E-state index contributed by atoms with van der Waals surface area (Å²) in [5, 5.41) is 17.6. The molecule has 1 saturated heterocycles. The molecule has 0 amide bonds. The van der Waals surface area contributed by atoms with Crippen molar-refractivity contribution in [2.24, 2.45) is 17.8 Å². The minimum Gasteiger partial charge on any atom is -0.473 e. The summed E-state index contributed by atoms with van der Waals surface area (Å²) in [5.74, 6) is -0.925. The molecule has 2 bridgehead atoms. The summed E-state index contributed by atoms with van der Waals surface area (Å²) in [6.07, 6.45) is 7.84. The second-order valence-corrected chi connectivity index (χ2v) is 8.87. The van der Waals surface area contributed by atoms with Gasteiger partial charge >= 0.3 is 11.9 Å².